The molecule has 1 heterocycles. The van der Waals surface area contributed by atoms with E-state index in [0.717, 1.165) is 17.5 Å². The maximum absolute atomic E-state index is 12.5. The Kier molecular flexibility index (Phi) is 4.54. The summed E-state index contributed by atoms with van der Waals surface area (Å²) in [5.74, 6) is 0.234. The maximum Gasteiger partial charge on any atom is 0.177 e. The lowest BCUT2D eigenvalue weighted by atomic mass is 10.0. The molecule has 0 saturated carbocycles. The van der Waals surface area contributed by atoms with Crippen molar-refractivity contribution in [1.29, 1.82) is 0 Å². The molecule has 1 aromatic carbocycles. The maximum atomic E-state index is 12.5. The van der Waals surface area contributed by atoms with Gasteiger partial charge in [0.15, 0.2) is 5.78 Å². The fourth-order valence-corrected chi connectivity index (χ4v) is 2.94. The van der Waals surface area contributed by atoms with Crippen LogP contribution in [0.1, 0.15) is 42.6 Å². The molecule has 1 aliphatic rings. The smallest absolute Gasteiger partial charge is 0.177 e. The normalized spacial score (nSPS) is 23.5. The highest BCUT2D eigenvalue weighted by Gasteiger charge is 2.29. The molecule has 102 valence electrons. The largest absolute Gasteiger partial charge is 0.293 e. The summed E-state index contributed by atoms with van der Waals surface area (Å²) < 4.78 is 0. The van der Waals surface area contributed by atoms with Crippen LogP contribution >= 0.6 is 0 Å². The summed E-state index contributed by atoms with van der Waals surface area (Å²) in [4.78, 5) is 14.8. The summed E-state index contributed by atoms with van der Waals surface area (Å²) in [7, 11) is 0. The average Bonchev–Trinajstić information content (AvgIpc) is 2.71. The van der Waals surface area contributed by atoms with Gasteiger partial charge in [0.1, 0.15) is 0 Å². The Hall–Kier alpha value is -1.41. The topological polar surface area (TPSA) is 20.3 Å². The lowest BCUT2D eigenvalue weighted by Crippen LogP contribution is -2.37. The average molecular weight is 257 g/mol. The molecule has 1 saturated heterocycles. The zero-order valence-corrected chi connectivity index (χ0v) is 11.9. The van der Waals surface area contributed by atoms with Gasteiger partial charge >= 0.3 is 0 Å². The first kappa shape index (κ1) is 14.0. The van der Waals surface area contributed by atoms with E-state index >= 15 is 0 Å². The quantitative estimate of drug-likeness (QED) is 0.594. The second-order valence-corrected chi connectivity index (χ2v) is 5.52. The van der Waals surface area contributed by atoms with Crippen LogP contribution in [0.2, 0.25) is 0 Å². The fraction of sp³-hybridized carbons (Fsp3) is 0.471. The Morgan fingerprint density at radius 2 is 1.95 bits per heavy atom. The molecule has 0 N–H and O–H groups in total. The van der Waals surface area contributed by atoms with E-state index in [9.17, 15) is 4.79 Å². The van der Waals surface area contributed by atoms with Crippen LogP contribution in [-0.2, 0) is 6.42 Å². The van der Waals surface area contributed by atoms with E-state index in [-0.39, 0.29) is 5.78 Å². The van der Waals surface area contributed by atoms with Crippen molar-refractivity contribution in [1.82, 2.24) is 4.90 Å². The Balaban J connectivity index is 2.13. The number of rotatable bonds is 5. The number of benzene rings is 1. The summed E-state index contributed by atoms with van der Waals surface area (Å²) in [5, 5.41) is 0. The third-order valence-corrected chi connectivity index (χ3v) is 4.14. The van der Waals surface area contributed by atoms with E-state index in [2.05, 4.69) is 25.3 Å². The van der Waals surface area contributed by atoms with Crippen LogP contribution < -0.4 is 0 Å². The molecule has 0 aliphatic carbocycles. The van der Waals surface area contributed by atoms with Gasteiger partial charge in [-0.25, -0.2) is 0 Å². The number of Topliss-reactive ketones (excluding diaryl/α,β-unsaturated/α-hetero) is 1. The number of allylic oxidation sites excluding steroid dienone is 1. The number of ketones is 1. The van der Waals surface area contributed by atoms with Crippen LogP contribution in [-0.4, -0.2) is 29.3 Å². The van der Waals surface area contributed by atoms with Crippen molar-refractivity contribution in [3.05, 3.63) is 48.0 Å². The lowest BCUT2D eigenvalue weighted by molar-refractivity contribution is 0.0897. The van der Waals surface area contributed by atoms with Gasteiger partial charge in [-0.1, -0.05) is 30.3 Å². The fourth-order valence-electron chi connectivity index (χ4n) is 2.94. The molecule has 0 unspecified atom stereocenters. The Morgan fingerprint density at radius 3 is 2.58 bits per heavy atom. The van der Waals surface area contributed by atoms with Crippen molar-refractivity contribution in [3.63, 3.8) is 0 Å². The summed E-state index contributed by atoms with van der Waals surface area (Å²) in [6, 6.07) is 8.92. The van der Waals surface area contributed by atoms with Crippen molar-refractivity contribution in [3.8, 4) is 0 Å². The van der Waals surface area contributed by atoms with Crippen LogP contribution in [0.5, 0.6) is 0 Å². The molecule has 0 radical (unpaired) electrons. The molecule has 19 heavy (non-hydrogen) atoms. The third kappa shape index (κ3) is 3.13. The minimum Gasteiger partial charge on any atom is -0.293 e. The second-order valence-electron chi connectivity index (χ2n) is 5.52. The van der Waals surface area contributed by atoms with Gasteiger partial charge in [0.2, 0.25) is 0 Å². The Morgan fingerprint density at radius 1 is 1.32 bits per heavy atom. The molecule has 2 rings (SSSR count). The second kappa shape index (κ2) is 6.16. The molecule has 0 amide bonds. The zero-order chi connectivity index (χ0) is 13.8. The third-order valence-electron chi connectivity index (χ3n) is 4.14. The van der Waals surface area contributed by atoms with Crippen molar-refractivity contribution in [2.75, 3.05) is 6.54 Å². The molecule has 1 aliphatic heterocycles. The molecule has 0 spiro atoms. The predicted octanol–water partition coefficient (Wildman–Crippen LogP) is 3.47. The molecule has 2 nitrogen and oxygen atoms in total. The highest BCUT2D eigenvalue weighted by Crippen LogP contribution is 2.24. The predicted molar refractivity (Wildman–Crippen MR) is 79.5 cm³/mol. The molecular formula is C17H23NO. The molecule has 2 heteroatoms. The zero-order valence-electron chi connectivity index (χ0n) is 11.9. The van der Waals surface area contributed by atoms with E-state index in [1.54, 1.807) is 0 Å². The van der Waals surface area contributed by atoms with Gasteiger partial charge in [-0.05, 0) is 38.7 Å². The Bertz CT molecular complexity index is 456. The number of hydrogen-bond acceptors (Lipinski definition) is 2. The first-order chi connectivity index (χ1) is 9.13. The number of likely N-dealkylation sites (tertiary alicyclic amines) is 1. The first-order valence-electron chi connectivity index (χ1n) is 7.11. The van der Waals surface area contributed by atoms with Crippen LogP contribution in [0.3, 0.4) is 0 Å². The van der Waals surface area contributed by atoms with Gasteiger partial charge in [0.05, 0.1) is 6.54 Å². The number of carbonyl (C=O) groups is 1. The van der Waals surface area contributed by atoms with E-state index < -0.39 is 0 Å². The van der Waals surface area contributed by atoms with Crippen molar-refractivity contribution >= 4 is 5.78 Å². The monoisotopic (exact) mass is 257 g/mol. The summed E-state index contributed by atoms with van der Waals surface area (Å²) >= 11 is 0. The SMILES string of the molecule is C=CCc1ccccc1C(=O)CN1[C@H](C)CC[C@H]1C. The van der Waals surface area contributed by atoms with Crippen LogP contribution in [0.25, 0.3) is 0 Å². The van der Waals surface area contributed by atoms with E-state index in [0.29, 0.717) is 18.6 Å². The van der Waals surface area contributed by atoms with Gasteiger partial charge in [0, 0.05) is 17.6 Å². The molecule has 1 fully saturated rings. The van der Waals surface area contributed by atoms with Gasteiger partial charge in [-0.3, -0.25) is 9.69 Å². The van der Waals surface area contributed by atoms with Gasteiger partial charge in [0.25, 0.3) is 0 Å². The highest BCUT2D eigenvalue weighted by molar-refractivity contribution is 5.99. The highest BCUT2D eigenvalue weighted by atomic mass is 16.1. The summed E-state index contributed by atoms with van der Waals surface area (Å²) in [6.07, 6.45) is 5.01. The van der Waals surface area contributed by atoms with Crippen molar-refractivity contribution < 1.29 is 4.79 Å². The molecule has 0 aromatic heterocycles. The van der Waals surface area contributed by atoms with E-state index in [1.807, 2.05) is 30.3 Å². The van der Waals surface area contributed by atoms with Crippen LogP contribution in [0, 0.1) is 0 Å². The summed E-state index contributed by atoms with van der Waals surface area (Å²) in [6.45, 7) is 8.73. The minimum atomic E-state index is 0.234. The molecule has 1 aromatic rings. The van der Waals surface area contributed by atoms with Crippen molar-refractivity contribution in [2.45, 2.75) is 45.2 Å². The molecule has 2 atom stereocenters. The molecular weight excluding hydrogens is 234 g/mol. The Labute approximate surface area is 116 Å². The first-order valence-corrected chi connectivity index (χ1v) is 7.11. The van der Waals surface area contributed by atoms with Gasteiger partial charge in [-0.15, -0.1) is 6.58 Å². The summed E-state index contributed by atoms with van der Waals surface area (Å²) in [5.41, 5.74) is 1.94. The van der Waals surface area contributed by atoms with E-state index in [4.69, 9.17) is 0 Å². The number of carbonyl (C=O) groups excluding carboxylic acids is 1. The van der Waals surface area contributed by atoms with Crippen LogP contribution in [0.15, 0.2) is 36.9 Å². The van der Waals surface area contributed by atoms with E-state index in [1.165, 1.54) is 12.8 Å². The van der Waals surface area contributed by atoms with Gasteiger partial charge in [-0.2, -0.15) is 0 Å². The number of hydrogen-bond donors (Lipinski definition) is 0. The molecule has 0 bridgehead atoms. The lowest BCUT2D eigenvalue weighted by Gasteiger charge is -2.25. The van der Waals surface area contributed by atoms with Crippen LogP contribution in [0.4, 0.5) is 0 Å². The minimum absolute atomic E-state index is 0.234. The standard InChI is InChI=1S/C17H23NO/c1-4-7-15-8-5-6-9-16(15)17(19)12-18-13(2)10-11-14(18)3/h4-6,8-9,13-14H,1,7,10-12H2,2-3H3/t13-,14-/m1/s1. The number of nitrogens with zero attached hydrogens (tertiary/aromatic N) is 1. The van der Waals surface area contributed by atoms with Crippen molar-refractivity contribution in [2.24, 2.45) is 0 Å². The van der Waals surface area contributed by atoms with Gasteiger partial charge < -0.3 is 0 Å².